The van der Waals surface area contributed by atoms with Gasteiger partial charge in [0.1, 0.15) is 0 Å². The molecule has 1 rings (SSSR count). The maximum Gasteiger partial charge on any atom is 0.223 e. The van der Waals surface area contributed by atoms with E-state index in [2.05, 4.69) is 18.7 Å². The van der Waals surface area contributed by atoms with Crippen molar-refractivity contribution >= 4 is 5.91 Å². The molecule has 1 amide bonds. The van der Waals surface area contributed by atoms with Crippen molar-refractivity contribution in [1.29, 1.82) is 0 Å². The highest BCUT2D eigenvalue weighted by Crippen LogP contribution is 2.24. The molecule has 10 heavy (non-hydrogen) atoms. The standard InChI is InChI=1S/C8H14NO/c1-2-6-9-8(10)7-4-3-5-7/h3,7H,2,4-6H2,1H3,(H,9,10). The summed E-state index contributed by atoms with van der Waals surface area (Å²) < 4.78 is 0. The molecular formula is C8H14NO. The monoisotopic (exact) mass is 140 g/mol. The maximum absolute atomic E-state index is 11.1. The van der Waals surface area contributed by atoms with Crippen LogP contribution in [0.2, 0.25) is 0 Å². The summed E-state index contributed by atoms with van der Waals surface area (Å²) in [5.41, 5.74) is 0. The third-order valence-electron chi connectivity index (χ3n) is 1.82. The smallest absolute Gasteiger partial charge is 0.223 e. The van der Waals surface area contributed by atoms with Crippen LogP contribution < -0.4 is 5.32 Å². The Morgan fingerprint density at radius 1 is 1.70 bits per heavy atom. The highest BCUT2D eigenvalue weighted by Gasteiger charge is 2.24. The highest BCUT2D eigenvalue weighted by molar-refractivity contribution is 5.79. The summed E-state index contributed by atoms with van der Waals surface area (Å²) in [5.74, 6) is 0.538. The topological polar surface area (TPSA) is 29.1 Å². The third kappa shape index (κ3) is 1.72. The number of amides is 1. The van der Waals surface area contributed by atoms with Crippen molar-refractivity contribution in [1.82, 2.24) is 5.32 Å². The van der Waals surface area contributed by atoms with E-state index in [4.69, 9.17) is 0 Å². The Morgan fingerprint density at radius 3 is 2.80 bits per heavy atom. The van der Waals surface area contributed by atoms with Crippen molar-refractivity contribution in [3.05, 3.63) is 6.42 Å². The fourth-order valence-electron chi connectivity index (χ4n) is 0.940. The van der Waals surface area contributed by atoms with Crippen molar-refractivity contribution < 1.29 is 4.79 Å². The molecule has 0 saturated heterocycles. The Hall–Kier alpha value is -0.530. The SMILES string of the molecule is CCCNC(=O)C1C[CH]C1. The van der Waals surface area contributed by atoms with E-state index < -0.39 is 0 Å². The zero-order chi connectivity index (χ0) is 7.40. The van der Waals surface area contributed by atoms with Gasteiger partial charge in [-0.05, 0) is 25.7 Å². The number of carbonyl (C=O) groups excluding carboxylic acids is 1. The van der Waals surface area contributed by atoms with Gasteiger partial charge in [0.05, 0.1) is 0 Å². The molecule has 2 heteroatoms. The normalized spacial score (nSPS) is 18.1. The van der Waals surface area contributed by atoms with Crippen LogP contribution in [-0.2, 0) is 4.79 Å². The molecule has 1 N–H and O–H groups in total. The molecule has 1 aliphatic rings. The van der Waals surface area contributed by atoms with Gasteiger partial charge in [0, 0.05) is 12.5 Å². The molecule has 0 bridgehead atoms. The first-order valence-electron chi connectivity index (χ1n) is 3.94. The third-order valence-corrected chi connectivity index (χ3v) is 1.82. The number of hydrogen-bond donors (Lipinski definition) is 1. The van der Waals surface area contributed by atoms with Crippen molar-refractivity contribution in [2.45, 2.75) is 26.2 Å². The summed E-state index contributed by atoms with van der Waals surface area (Å²) in [4.78, 5) is 11.1. The van der Waals surface area contributed by atoms with Gasteiger partial charge in [0.25, 0.3) is 0 Å². The molecule has 0 aromatic carbocycles. The predicted octanol–water partition coefficient (Wildman–Crippen LogP) is 1.13. The molecule has 0 aromatic heterocycles. The van der Waals surface area contributed by atoms with E-state index in [0.717, 1.165) is 25.8 Å². The molecule has 1 radical (unpaired) electrons. The summed E-state index contributed by atoms with van der Waals surface area (Å²) in [7, 11) is 0. The van der Waals surface area contributed by atoms with Gasteiger partial charge in [-0.3, -0.25) is 4.79 Å². The Bertz CT molecular complexity index is 118. The lowest BCUT2D eigenvalue weighted by molar-refractivity contribution is -0.126. The Balaban J connectivity index is 2.08. The van der Waals surface area contributed by atoms with E-state index in [1.54, 1.807) is 0 Å². The molecule has 2 nitrogen and oxygen atoms in total. The molecule has 0 heterocycles. The van der Waals surface area contributed by atoms with Crippen LogP contribution in [0.4, 0.5) is 0 Å². The van der Waals surface area contributed by atoms with E-state index in [1.807, 2.05) is 0 Å². The summed E-state index contributed by atoms with van der Waals surface area (Å²) in [6.07, 6.45) is 5.14. The van der Waals surface area contributed by atoms with Crippen LogP contribution in [0.3, 0.4) is 0 Å². The molecule has 0 aliphatic heterocycles. The molecule has 0 atom stereocenters. The first-order chi connectivity index (χ1) is 4.84. The van der Waals surface area contributed by atoms with Gasteiger partial charge in [0.15, 0.2) is 0 Å². The van der Waals surface area contributed by atoms with Gasteiger partial charge in [-0.1, -0.05) is 6.92 Å². The van der Waals surface area contributed by atoms with Crippen LogP contribution in [0.1, 0.15) is 26.2 Å². The number of nitrogens with one attached hydrogen (secondary N) is 1. The van der Waals surface area contributed by atoms with Crippen LogP contribution in [0, 0.1) is 12.3 Å². The largest absolute Gasteiger partial charge is 0.356 e. The van der Waals surface area contributed by atoms with Crippen LogP contribution in [0.25, 0.3) is 0 Å². The molecule has 0 aromatic rings. The Labute approximate surface area is 62.0 Å². The highest BCUT2D eigenvalue weighted by atomic mass is 16.1. The van der Waals surface area contributed by atoms with Gasteiger partial charge in [0.2, 0.25) is 5.91 Å². The van der Waals surface area contributed by atoms with Crippen molar-refractivity contribution in [2.75, 3.05) is 6.54 Å². The average Bonchev–Trinajstić information content (AvgIpc) is 1.79. The first kappa shape index (κ1) is 7.58. The second-order valence-electron chi connectivity index (χ2n) is 2.75. The molecule has 57 valence electrons. The summed E-state index contributed by atoms with van der Waals surface area (Å²) in [6, 6.07) is 0. The predicted molar refractivity (Wildman–Crippen MR) is 40.3 cm³/mol. The quantitative estimate of drug-likeness (QED) is 0.625. The Morgan fingerprint density at radius 2 is 2.40 bits per heavy atom. The molecule has 0 unspecified atom stereocenters. The lowest BCUT2D eigenvalue weighted by Gasteiger charge is -2.23. The van der Waals surface area contributed by atoms with E-state index in [1.165, 1.54) is 0 Å². The molecule has 0 spiro atoms. The van der Waals surface area contributed by atoms with E-state index >= 15 is 0 Å². The van der Waals surface area contributed by atoms with Crippen molar-refractivity contribution in [3.8, 4) is 0 Å². The minimum Gasteiger partial charge on any atom is -0.356 e. The van der Waals surface area contributed by atoms with Gasteiger partial charge in [-0.15, -0.1) is 0 Å². The number of hydrogen-bond acceptors (Lipinski definition) is 1. The second kappa shape index (κ2) is 3.59. The van der Waals surface area contributed by atoms with Gasteiger partial charge in [-0.25, -0.2) is 0 Å². The lowest BCUT2D eigenvalue weighted by Crippen LogP contribution is -2.34. The van der Waals surface area contributed by atoms with Gasteiger partial charge < -0.3 is 5.32 Å². The zero-order valence-corrected chi connectivity index (χ0v) is 6.39. The average molecular weight is 140 g/mol. The van der Waals surface area contributed by atoms with Crippen molar-refractivity contribution in [2.24, 2.45) is 5.92 Å². The van der Waals surface area contributed by atoms with Crippen molar-refractivity contribution in [3.63, 3.8) is 0 Å². The van der Waals surface area contributed by atoms with Crippen LogP contribution in [0.15, 0.2) is 0 Å². The number of rotatable bonds is 3. The van der Waals surface area contributed by atoms with Crippen LogP contribution >= 0.6 is 0 Å². The first-order valence-corrected chi connectivity index (χ1v) is 3.94. The summed E-state index contributed by atoms with van der Waals surface area (Å²) >= 11 is 0. The van der Waals surface area contributed by atoms with Gasteiger partial charge >= 0.3 is 0 Å². The van der Waals surface area contributed by atoms with Crippen LogP contribution in [0.5, 0.6) is 0 Å². The van der Waals surface area contributed by atoms with E-state index in [9.17, 15) is 4.79 Å². The number of carbonyl (C=O) groups is 1. The fraction of sp³-hybridized carbons (Fsp3) is 0.750. The lowest BCUT2D eigenvalue weighted by atomic mass is 9.85. The summed E-state index contributed by atoms with van der Waals surface area (Å²) in [6.45, 7) is 2.89. The van der Waals surface area contributed by atoms with E-state index in [-0.39, 0.29) is 5.91 Å². The minimum absolute atomic E-state index is 0.240. The van der Waals surface area contributed by atoms with E-state index in [0.29, 0.717) is 5.92 Å². The minimum atomic E-state index is 0.240. The molecule has 1 fully saturated rings. The molecule has 1 aliphatic carbocycles. The zero-order valence-electron chi connectivity index (χ0n) is 6.39. The van der Waals surface area contributed by atoms with Crippen LogP contribution in [-0.4, -0.2) is 12.5 Å². The second-order valence-corrected chi connectivity index (χ2v) is 2.75. The molecular weight excluding hydrogens is 126 g/mol. The Kier molecular flexibility index (Phi) is 2.72. The molecule has 1 saturated carbocycles. The summed E-state index contributed by atoms with van der Waals surface area (Å²) in [5, 5.41) is 2.88. The van der Waals surface area contributed by atoms with Gasteiger partial charge in [-0.2, -0.15) is 0 Å². The fourth-order valence-corrected chi connectivity index (χ4v) is 0.940. The maximum atomic E-state index is 11.1.